The van der Waals surface area contributed by atoms with Crippen LogP contribution in [0.15, 0.2) is 18.2 Å². The molecular formula is C17H27N2O5P. The van der Waals surface area contributed by atoms with E-state index < -0.39 is 29.6 Å². The molecule has 3 atom stereocenters. The van der Waals surface area contributed by atoms with Crippen molar-refractivity contribution in [2.45, 2.75) is 52.2 Å². The Bertz CT molecular complexity index is 616. The summed E-state index contributed by atoms with van der Waals surface area (Å²) in [7, 11) is 2.13. The number of rotatable bonds is 7. The van der Waals surface area contributed by atoms with Crippen molar-refractivity contribution in [1.82, 2.24) is 5.32 Å². The Morgan fingerprint density at radius 1 is 1.36 bits per heavy atom. The van der Waals surface area contributed by atoms with E-state index in [2.05, 4.69) is 14.8 Å². The number of nitrogens with two attached hydrogens (primary N) is 1. The Labute approximate surface area is 150 Å². The standard InChI is InChI=1S/C17H27N2O5P/c1-10(15(20)21)7-12(19-16(22)23-17(2,3)4)8-11-5-6-14(24-25)13(18)9-11/h5-6,9-10,12H,7-8,18,25H2,1-4H3,(H,19,22)(H,20,21)/t10?,12-/m1/s1. The summed E-state index contributed by atoms with van der Waals surface area (Å²) in [5.74, 6) is -0.988. The molecule has 0 heterocycles. The third-order valence-corrected chi connectivity index (χ3v) is 3.72. The van der Waals surface area contributed by atoms with Gasteiger partial charge in [-0.1, -0.05) is 13.0 Å². The molecule has 0 aliphatic carbocycles. The first-order chi connectivity index (χ1) is 11.5. The molecule has 1 amide bonds. The van der Waals surface area contributed by atoms with Crippen LogP contribution in [0.2, 0.25) is 0 Å². The minimum Gasteiger partial charge on any atom is -0.481 e. The molecule has 4 N–H and O–H groups in total. The van der Waals surface area contributed by atoms with Gasteiger partial charge in [0.15, 0.2) is 0 Å². The molecule has 0 aliphatic rings. The predicted octanol–water partition coefficient (Wildman–Crippen LogP) is 2.98. The van der Waals surface area contributed by atoms with Crippen LogP contribution < -0.4 is 15.6 Å². The summed E-state index contributed by atoms with van der Waals surface area (Å²) >= 11 is 0. The van der Waals surface area contributed by atoms with Gasteiger partial charge in [0.2, 0.25) is 0 Å². The number of alkyl carbamates (subject to hydrolysis) is 1. The molecular weight excluding hydrogens is 343 g/mol. The maximum absolute atomic E-state index is 12.0. The van der Waals surface area contributed by atoms with Crippen molar-refractivity contribution in [1.29, 1.82) is 0 Å². The minimum absolute atomic E-state index is 0.274. The second kappa shape index (κ2) is 8.90. The lowest BCUT2D eigenvalue weighted by Gasteiger charge is -2.25. The highest BCUT2D eigenvalue weighted by Crippen LogP contribution is 2.25. The largest absolute Gasteiger partial charge is 0.481 e. The number of amides is 1. The lowest BCUT2D eigenvalue weighted by Crippen LogP contribution is -2.41. The van der Waals surface area contributed by atoms with Crippen LogP contribution in [0, 0.1) is 5.92 Å². The van der Waals surface area contributed by atoms with Crippen molar-refractivity contribution in [2.75, 3.05) is 5.73 Å². The SMILES string of the molecule is CC(C[C@H](Cc1ccc(OP)c(N)c1)NC(=O)OC(C)(C)C)C(=O)O. The number of aliphatic carboxylic acids is 1. The number of carbonyl (C=O) groups is 2. The van der Waals surface area contributed by atoms with Crippen molar-refractivity contribution in [3.05, 3.63) is 23.8 Å². The van der Waals surface area contributed by atoms with E-state index in [0.29, 0.717) is 17.9 Å². The zero-order chi connectivity index (χ0) is 19.2. The number of carbonyl (C=O) groups excluding carboxylic acids is 1. The predicted molar refractivity (Wildman–Crippen MR) is 99.5 cm³/mol. The Hall–Kier alpha value is -2.01. The van der Waals surface area contributed by atoms with Crippen LogP contribution in [-0.2, 0) is 16.0 Å². The van der Waals surface area contributed by atoms with Gasteiger partial charge in [0.1, 0.15) is 11.4 Å². The van der Waals surface area contributed by atoms with Crippen LogP contribution in [0.3, 0.4) is 0 Å². The molecule has 2 unspecified atom stereocenters. The summed E-state index contributed by atoms with van der Waals surface area (Å²) in [4.78, 5) is 23.2. The lowest BCUT2D eigenvalue weighted by molar-refractivity contribution is -0.141. The second-order valence-electron chi connectivity index (χ2n) is 7.01. The van der Waals surface area contributed by atoms with E-state index in [0.717, 1.165) is 5.56 Å². The van der Waals surface area contributed by atoms with E-state index in [1.807, 2.05) is 6.07 Å². The van der Waals surface area contributed by atoms with Crippen molar-refractivity contribution < 1.29 is 24.0 Å². The summed E-state index contributed by atoms with van der Waals surface area (Å²) in [5, 5.41) is 11.9. The molecule has 7 nitrogen and oxygen atoms in total. The van der Waals surface area contributed by atoms with Crippen molar-refractivity contribution in [3.8, 4) is 5.75 Å². The number of nitrogens with one attached hydrogen (secondary N) is 1. The Morgan fingerprint density at radius 3 is 2.48 bits per heavy atom. The van der Waals surface area contributed by atoms with Gasteiger partial charge in [-0.15, -0.1) is 0 Å². The fraction of sp³-hybridized carbons (Fsp3) is 0.529. The van der Waals surface area contributed by atoms with Gasteiger partial charge >= 0.3 is 12.1 Å². The third-order valence-electron chi connectivity index (χ3n) is 3.46. The van der Waals surface area contributed by atoms with Crippen LogP contribution in [0.1, 0.15) is 39.7 Å². The van der Waals surface area contributed by atoms with E-state index >= 15 is 0 Å². The number of carboxylic acid groups (broad SMARTS) is 1. The highest BCUT2D eigenvalue weighted by atomic mass is 31.0. The van der Waals surface area contributed by atoms with Crippen molar-refractivity contribution in [2.24, 2.45) is 5.92 Å². The zero-order valence-corrected chi connectivity index (χ0v) is 16.2. The average molecular weight is 370 g/mol. The second-order valence-corrected chi connectivity index (χ2v) is 7.25. The number of nitrogen functional groups attached to an aromatic ring is 1. The molecule has 0 aliphatic heterocycles. The van der Waals surface area contributed by atoms with Gasteiger partial charge < -0.3 is 25.4 Å². The van der Waals surface area contributed by atoms with E-state index in [4.69, 9.17) is 20.1 Å². The molecule has 8 heteroatoms. The molecule has 25 heavy (non-hydrogen) atoms. The normalized spacial score (nSPS) is 13.6. The van der Waals surface area contributed by atoms with Gasteiger partial charge in [0.25, 0.3) is 0 Å². The molecule has 0 saturated heterocycles. The summed E-state index contributed by atoms with van der Waals surface area (Å²) in [6.07, 6.45) is 0.127. The fourth-order valence-electron chi connectivity index (χ4n) is 2.31. The first-order valence-electron chi connectivity index (χ1n) is 7.99. The van der Waals surface area contributed by atoms with Gasteiger partial charge in [0, 0.05) is 6.04 Å². The van der Waals surface area contributed by atoms with Gasteiger partial charge in [0.05, 0.1) is 21.1 Å². The molecule has 0 aromatic heterocycles. The summed E-state index contributed by atoms with van der Waals surface area (Å²) in [6.45, 7) is 6.91. The maximum Gasteiger partial charge on any atom is 0.407 e. The molecule has 1 rings (SSSR count). The lowest BCUT2D eigenvalue weighted by atomic mass is 9.96. The van der Waals surface area contributed by atoms with Crippen LogP contribution in [0.4, 0.5) is 10.5 Å². The van der Waals surface area contributed by atoms with E-state index in [1.54, 1.807) is 39.8 Å². The van der Waals surface area contributed by atoms with Crippen LogP contribution >= 0.6 is 9.47 Å². The third kappa shape index (κ3) is 7.61. The highest BCUT2D eigenvalue weighted by Gasteiger charge is 2.23. The van der Waals surface area contributed by atoms with Gasteiger partial charge in [-0.25, -0.2) is 4.79 Å². The summed E-state index contributed by atoms with van der Waals surface area (Å²) < 4.78 is 10.3. The van der Waals surface area contributed by atoms with Crippen molar-refractivity contribution >= 4 is 27.2 Å². The highest BCUT2D eigenvalue weighted by molar-refractivity contribution is 7.10. The Morgan fingerprint density at radius 2 is 2.00 bits per heavy atom. The first kappa shape index (κ1) is 21.0. The van der Waals surface area contributed by atoms with Crippen LogP contribution in [0.25, 0.3) is 0 Å². The molecule has 1 aromatic rings. The molecule has 0 spiro atoms. The molecule has 0 bridgehead atoms. The molecule has 1 aromatic carbocycles. The fourth-order valence-corrected chi connectivity index (χ4v) is 2.53. The molecule has 0 fully saturated rings. The van der Waals surface area contributed by atoms with Gasteiger partial charge in [-0.2, -0.15) is 0 Å². The number of benzene rings is 1. The smallest absolute Gasteiger partial charge is 0.407 e. The monoisotopic (exact) mass is 370 g/mol. The number of ether oxygens (including phenoxy) is 1. The molecule has 140 valence electrons. The number of hydrogen-bond donors (Lipinski definition) is 3. The van der Waals surface area contributed by atoms with Gasteiger partial charge in [-0.3, -0.25) is 4.79 Å². The number of anilines is 1. The summed E-state index contributed by atoms with van der Waals surface area (Å²) in [6, 6.07) is 4.89. The zero-order valence-electron chi connectivity index (χ0n) is 15.0. The number of carboxylic acids is 1. The molecule has 0 radical (unpaired) electrons. The van der Waals surface area contributed by atoms with Crippen LogP contribution in [0.5, 0.6) is 5.75 Å². The van der Waals surface area contributed by atoms with E-state index in [9.17, 15) is 9.59 Å². The van der Waals surface area contributed by atoms with Crippen molar-refractivity contribution in [3.63, 3.8) is 0 Å². The Balaban J connectivity index is 2.88. The summed E-state index contributed by atoms with van der Waals surface area (Å²) in [5.41, 5.74) is 6.60. The molecule has 0 saturated carbocycles. The minimum atomic E-state index is -0.915. The topological polar surface area (TPSA) is 111 Å². The number of hydrogen-bond acceptors (Lipinski definition) is 5. The maximum atomic E-state index is 12.0. The van der Waals surface area contributed by atoms with E-state index in [-0.39, 0.29) is 6.42 Å². The van der Waals surface area contributed by atoms with Gasteiger partial charge in [-0.05, 0) is 51.3 Å². The first-order valence-corrected chi connectivity index (χ1v) is 8.46. The Kier molecular flexibility index (Phi) is 7.49. The van der Waals surface area contributed by atoms with E-state index in [1.165, 1.54) is 0 Å². The quantitative estimate of drug-likeness (QED) is 0.503. The average Bonchev–Trinajstić information content (AvgIpc) is 2.45. The van der Waals surface area contributed by atoms with Crippen LogP contribution in [-0.4, -0.2) is 28.8 Å².